The van der Waals surface area contributed by atoms with Gasteiger partial charge >= 0.3 is 5.97 Å². The van der Waals surface area contributed by atoms with E-state index in [1.54, 1.807) is 6.92 Å². The van der Waals surface area contributed by atoms with Crippen molar-refractivity contribution in [2.45, 2.75) is 44.7 Å². The maximum Gasteiger partial charge on any atom is 0.322 e. The Bertz CT molecular complexity index is 418. The normalized spacial score (nSPS) is 25.9. The summed E-state index contributed by atoms with van der Waals surface area (Å²) >= 11 is 0. The van der Waals surface area contributed by atoms with E-state index in [-0.39, 0.29) is 24.9 Å². The average Bonchev–Trinajstić information content (AvgIpc) is 2.74. The molecule has 0 aliphatic carbocycles. The topological polar surface area (TPSA) is 90.0 Å². The van der Waals surface area contributed by atoms with Crippen molar-refractivity contribution in [3.8, 4) is 0 Å². The summed E-state index contributed by atoms with van der Waals surface area (Å²) in [6.07, 6.45) is 4.23. The van der Waals surface area contributed by atoms with Gasteiger partial charge in [-0.1, -0.05) is 12.8 Å². The third-order valence-electron chi connectivity index (χ3n) is 4.28. The highest BCUT2D eigenvalue weighted by Crippen LogP contribution is 2.15. The van der Waals surface area contributed by atoms with Crippen molar-refractivity contribution >= 4 is 17.8 Å². The van der Waals surface area contributed by atoms with E-state index in [2.05, 4.69) is 5.32 Å². The van der Waals surface area contributed by atoms with Crippen LogP contribution in [0.25, 0.3) is 0 Å². The van der Waals surface area contributed by atoms with Crippen LogP contribution < -0.4 is 5.32 Å². The smallest absolute Gasteiger partial charge is 0.322 e. The zero-order valence-corrected chi connectivity index (χ0v) is 12.4. The molecule has 21 heavy (non-hydrogen) atoms. The van der Waals surface area contributed by atoms with Crippen molar-refractivity contribution in [2.24, 2.45) is 0 Å². The minimum atomic E-state index is -1.01. The van der Waals surface area contributed by atoms with Crippen molar-refractivity contribution in [2.75, 3.05) is 26.2 Å². The number of rotatable bonds is 3. The molecule has 0 bridgehead atoms. The summed E-state index contributed by atoms with van der Waals surface area (Å²) in [5.74, 6) is -1.31. The zero-order valence-electron chi connectivity index (χ0n) is 12.4. The molecule has 2 unspecified atom stereocenters. The van der Waals surface area contributed by atoms with Gasteiger partial charge in [-0.25, -0.2) is 0 Å². The van der Waals surface area contributed by atoms with Gasteiger partial charge in [0.05, 0.1) is 12.6 Å². The first-order valence-corrected chi connectivity index (χ1v) is 7.54. The van der Waals surface area contributed by atoms with Gasteiger partial charge in [0.15, 0.2) is 0 Å². The second kappa shape index (κ2) is 6.89. The quantitative estimate of drug-likeness (QED) is 0.744. The molecule has 0 aromatic carbocycles. The fraction of sp³-hybridized carbons (Fsp3) is 0.786. The van der Waals surface area contributed by atoms with Crippen molar-refractivity contribution in [3.63, 3.8) is 0 Å². The molecule has 7 heteroatoms. The number of carbonyl (C=O) groups is 3. The lowest BCUT2D eigenvalue weighted by Gasteiger charge is -2.38. The molecule has 2 amide bonds. The van der Waals surface area contributed by atoms with Crippen LogP contribution >= 0.6 is 0 Å². The second-order valence-corrected chi connectivity index (χ2v) is 5.75. The van der Waals surface area contributed by atoms with Crippen LogP contribution in [0.4, 0.5) is 0 Å². The number of carbonyl (C=O) groups excluding carboxylic acids is 2. The van der Waals surface area contributed by atoms with Crippen molar-refractivity contribution in [1.82, 2.24) is 15.1 Å². The number of hydrogen-bond acceptors (Lipinski definition) is 4. The first-order valence-electron chi connectivity index (χ1n) is 7.54. The largest absolute Gasteiger partial charge is 0.480 e. The predicted octanol–water partition coefficient (Wildman–Crippen LogP) is -0.337. The molecule has 2 rings (SSSR count). The third kappa shape index (κ3) is 3.72. The third-order valence-corrected chi connectivity index (χ3v) is 4.28. The van der Waals surface area contributed by atoms with Crippen LogP contribution in [-0.4, -0.2) is 71.0 Å². The van der Waals surface area contributed by atoms with Crippen LogP contribution in [0.2, 0.25) is 0 Å². The summed E-state index contributed by atoms with van der Waals surface area (Å²) in [5, 5.41) is 11.8. The molecular formula is C14H23N3O4. The summed E-state index contributed by atoms with van der Waals surface area (Å²) < 4.78 is 0. The highest BCUT2D eigenvalue weighted by molar-refractivity contribution is 5.87. The van der Waals surface area contributed by atoms with Crippen LogP contribution in [0.15, 0.2) is 0 Å². The minimum absolute atomic E-state index is 0.0439. The highest BCUT2D eigenvalue weighted by Gasteiger charge is 2.38. The number of nitrogens with one attached hydrogen (secondary N) is 1. The molecule has 118 valence electrons. The highest BCUT2D eigenvalue weighted by atomic mass is 16.4. The molecule has 2 aliphatic heterocycles. The molecule has 2 N–H and O–H groups in total. The molecule has 2 saturated heterocycles. The van der Waals surface area contributed by atoms with E-state index >= 15 is 0 Å². The number of aliphatic carboxylic acids is 1. The number of carboxylic acids is 1. The molecule has 2 fully saturated rings. The van der Waals surface area contributed by atoms with Crippen molar-refractivity contribution in [3.05, 3.63) is 0 Å². The van der Waals surface area contributed by atoms with Crippen LogP contribution in [0.3, 0.4) is 0 Å². The molecule has 0 aromatic rings. The summed E-state index contributed by atoms with van der Waals surface area (Å²) in [6, 6.07) is -1.43. The van der Waals surface area contributed by atoms with Crippen molar-refractivity contribution in [1.29, 1.82) is 0 Å². The van der Waals surface area contributed by atoms with E-state index in [1.165, 1.54) is 4.90 Å². The predicted molar refractivity (Wildman–Crippen MR) is 75.6 cm³/mol. The SMILES string of the molecule is CC(C(=O)N1CCCCCC1)N1CC(=O)NCC1C(=O)O. The number of carboxylic acid groups (broad SMARTS) is 1. The lowest BCUT2D eigenvalue weighted by atomic mass is 10.1. The lowest BCUT2D eigenvalue weighted by Crippen LogP contribution is -2.62. The first-order chi connectivity index (χ1) is 10.0. The fourth-order valence-electron chi connectivity index (χ4n) is 2.99. The van der Waals surface area contributed by atoms with Gasteiger partial charge < -0.3 is 15.3 Å². The Morgan fingerprint density at radius 1 is 1.24 bits per heavy atom. The monoisotopic (exact) mass is 297 g/mol. The lowest BCUT2D eigenvalue weighted by molar-refractivity contribution is -0.150. The van der Waals surface area contributed by atoms with E-state index in [4.69, 9.17) is 0 Å². The Labute approximate surface area is 124 Å². The van der Waals surface area contributed by atoms with Gasteiger partial charge in [0.2, 0.25) is 11.8 Å². The molecule has 2 aliphatic rings. The van der Waals surface area contributed by atoms with Gasteiger partial charge in [0.1, 0.15) is 6.04 Å². The molecular weight excluding hydrogens is 274 g/mol. The number of hydrogen-bond donors (Lipinski definition) is 2. The van der Waals surface area contributed by atoms with Crippen LogP contribution in [0, 0.1) is 0 Å². The fourth-order valence-corrected chi connectivity index (χ4v) is 2.99. The van der Waals surface area contributed by atoms with E-state index in [0.29, 0.717) is 0 Å². The van der Waals surface area contributed by atoms with Crippen LogP contribution in [0.1, 0.15) is 32.6 Å². The van der Waals surface area contributed by atoms with Crippen LogP contribution in [-0.2, 0) is 14.4 Å². The van der Waals surface area contributed by atoms with Gasteiger partial charge in [-0.3, -0.25) is 19.3 Å². The molecule has 7 nitrogen and oxygen atoms in total. The number of nitrogens with zero attached hydrogens (tertiary/aromatic N) is 2. The van der Waals surface area contributed by atoms with E-state index < -0.39 is 18.1 Å². The molecule has 0 aromatic heterocycles. The Morgan fingerprint density at radius 3 is 2.43 bits per heavy atom. The number of amides is 2. The second-order valence-electron chi connectivity index (χ2n) is 5.75. The summed E-state index contributed by atoms with van der Waals surface area (Å²) in [5.41, 5.74) is 0. The molecule has 2 atom stereocenters. The average molecular weight is 297 g/mol. The first kappa shape index (κ1) is 15.8. The van der Waals surface area contributed by atoms with Crippen molar-refractivity contribution < 1.29 is 19.5 Å². The Hall–Kier alpha value is -1.63. The number of likely N-dealkylation sites (tertiary alicyclic amines) is 1. The molecule has 0 radical (unpaired) electrons. The maximum absolute atomic E-state index is 12.6. The van der Waals surface area contributed by atoms with E-state index in [0.717, 1.165) is 38.8 Å². The van der Waals surface area contributed by atoms with Gasteiger partial charge in [0.25, 0.3) is 0 Å². The maximum atomic E-state index is 12.6. The van der Waals surface area contributed by atoms with Gasteiger partial charge in [-0.15, -0.1) is 0 Å². The summed E-state index contributed by atoms with van der Waals surface area (Å²) in [6.45, 7) is 3.15. The van der Waals surface area contributed by atoms with E-state index in [9.17, 15) is 19.5 Å². The number of piperazine rings is 1. The Kier molecular flexibility index (Phi) is 5.17. The molecule has 2 heterocycles. The molecule has 0 spiro atoms. The Balaban J connectivity index is 2.07. The summed E-state index contributed by atoms with van der Waals surface area (Å²) in [7, 11) is 0. The zero-order chi connectivity index (χ0) is 15.4. The van der Waals surface area contributed by atoms with Gasteiger partial charge in [-0.2, -0.15) is 0 Å². The standard InChI is InChI=1S/C14H23N3O4/c1-10(13(19)16-6-4-2-3-5-7-16)17-9-12(18)15-8-11(17)14(20)21/h10-11H,2-9H2,1H3,(H,15,18)(H,20,21). The summed E-state index contributed by atoms with van der Waals surface area (Å²) in [4.78, 5) is 38.7. The minimum Gasteiger partial charge on any atom is -0.480 e. The van der Waals surface area contributed by atoms with Gasteiger partial charge in [-0.05, 0) is 19.8 Å². The van der Waals surface area contributed by atoms with Crippen LogP contribution in [0.5, 0.6) is 0 Å². The Morgan fingerprint density at radius 2 is 1.86 bits per heavy atom. The van der Waals surface area contributed by atoms with Gasteiger partial charge in [0, 0.05) is 19.6 Å². The molecule has 0 saturated carbocycles. The van der Waals surface area contributed by atoms with E-state index in [1.807, 2.05) is 4.90 Å².